The van der Waals surface area contributed by atoms with Crippen LogP contribution in [0.25, 0.3) is 0 Å². The first kappa shape index (κ1) is 27.3. The van der Waals surface area contributed by atoms with E-state index in [-0.39, 0.29) is 48.2 Å². The van der Waals surface area contributed by atoms with E-state index in [9.17, 15) is 17.6 Å². The molecule has 41 heavy (non-hydrogen) atoms. The topological polar surface area (TPSA) is 85.5 Å². The van der Waals surface area contributed by atoms with Gasteiger partial charge in [0, 0.05) is 49.5 Å². The van der Waals surface area contributed by atoms with Crippen LogP contribution in [0.15, 0.2) is 6.07 Å². The average molecular weight is 580 g/mol. The Morgan fingerprint density at radius 2 is 2.00 bits per heavy atom. The monoisotopic (exact) mass is 579 g/mol. The van der Waals surface area contributed by atoms with Crippen molar-refractivity contribution in [2.75, 3.05) is 38.5 Å². The van der Waals surface area contributed by atoms with Crippen molar-refractivity contribution in [3.63, 3.8) is 0 Å². The second kappa shape index (κ2) is 9.47. The summed E-state index contributed by atoms with van der Waals surface area (Å²) >= 11 is 0. The number of alkyl halides is 4. The van der Waals surface area contributed by atoms with Gasteiger partial charge in [0.15, 0.2) is 5.82 Å². The fourth-order valence-corrected chi connectivity index (χ4v) is 7.98. The first-order valence-corrected chi connectivity index (χ1v) is 14.4. The van der Waals surface area contributed by atoms with Crippen molar-refractivity contribution in [1.29, 1.82) is 0 Å². The Morgan fingerprint density at radius 1 is 1.22 bits per heavy atom. The maximum absolute atomic E-state index is 15.3. The maximum atomic E-state index is 15.3. The van der Waals surface area contributed by atoms with E-state index >= 15 is 4.39 Å². The van der Waals surface area contributed by atoms with Crippen LogP contribution in [-0.4, -0.2) is 59.4 Å². The summed E-state index contributed by atoms with van der Waals surface area (Å²) in [6, 6.07) is 1.14. The van der Waals surface area contributed by atoms with Gasteiger partial charge in [-0.25, -0.2) is 8.78 Å². The van der Waals surface area contributed by atoms with Crippen molar-refractivity contribution in [2.45, 2.75) is 82.0 Å². The molecule has 2 aromatic rings. The van der Waals surface area contributed by atoms with E-state index in [2.05, 4.69) is 15.2 Å². The number of hydrogen-bond donors (Lipinski definition) is 2. The molecule has 1 aromatic carbocycles. The van der Waals surface area contributed by atoms with Gasteiger partial charge in [-0.2, -0.15) is 23.1 Å². The highest BCUT2D eigenvalue weighted by Crippen LogP contribution is 2.54. The Bertz CT molecular complexity index is 1370. The van der Waals surface area contributed by atoms with Gasteiger partial charge in [0.1, 0.15) is 12.8 Å². The highest BCUT2D eigenvalue weighted by atomic mass is 19.4. The molecule has 5 heterocycles. The van der Waals surface area contributed by atoms with Crippen LogP contribution < -0.4 is 15.8 Å². The van der Waals surface area contributed by atoms with Crippen LogP contribution in [0.4, 0.5) is 27.6 Å². The summed E-state index contributed by atoms with van der Waals surface area (Å²) in [6.45, 7) is 4.59. The number of hydrogen-bond acceptors (Lipinski definition) is 7. The largest absolute Gasteiger partial charge is 0.461 e. The number of rotatable bonds is 5. The van der Waals surface area contributed by atoms with Crippen molar-refractivity contribution in [3.05, 3.63) is 45.5 Å². The van der Waals surface area contributed by atoms with Crippen LogP contribution in [0.3, 0.4) is 0 Å². The van der Waals surface area contributed by atoms with Crippen LogP contribution in [0.2, 0.25) is 0 Å². The lowest BCUT2D eigenvalue weighted by atomic mass is 9.57. The standard InChI is InChI=1S/C29H34F5N5O2/c1-15-5-19(35)24(31)22(23(15)29(32,33)34)21-6-20-18(11-40-21)25(16-7-27(8-16)12-36-13-27)38-26(37-20)41-14-28-3-2-4-39(28)10-17(30)9-28/h5,16-17,21,36H,2-4,6-14,35H2,1H3/t17-,21+,28+/m1/s1. The van der Waals surface area contributed by atoms with Gasteiger partial charge in [-0.15, -0.1) is 0 Å². The van der Waals surface area contributed by atoms with Crippen LogP contribution in [0, 0.1) is 18.2 Å². The molecule has 1 aliphatic carbocycles. The van der Waals surface area contributed by atoms with Gasteiger partial charge in [-0.05, 0) is 56.2 Å². The quantitative estimate of drug-likeness (QED) is 0.390. The molecule has 1 aromatic heterocycles. The minimum absolute atomic E-state index is 0.0385. The number of benzene rings is 1. The van der Waals surface area contributed by atoms with Gasteiger partial charge in [0.2, 0.25) is 0 Å². The summed E-state index contributed by atoms with van der Waals surface area (Å²) in [7, 11) is 0. The Hall–Kier alpha value is -2.57. The molecule has 7 rings (SSSR count). The number of nitrogens with two attached hydrogens (primary N) is 1. The summed E-state index contributed by atoms with van der Waals surface area (Å²) in [5.41, 5.74) is 5.47. The first-order valence-electron chi connectivity index (χ1n) is 14.4. The molecule has 1 saturated carbocycles. The summed E-state index contributed by atoms with van der Waals surface area (Å²) in [4.78, 5) is 11.6. The van der Waals surface area contributed by atoms with Crippen LogP contribution >= 0.6 is 0 Å². The van der Waals surface area contributed by atoms with E-state index in [4.69, 9.17) is 20.2 Å². The molecule has 12 heteroatoms. The van der Waals surface area contributed by atoms with E-state index in [1.54, 1.807) is 0 Å². The maximum Gasteiger partial charge on any atom is 0.417 e. The van der Waals surface area contributed by atoms with Gasteiger partial charge in [0.05, 0.1) is 40.9 Å². The van der Waals surface area contributed by atoms with E-state index in [0.717, 1.165) is 62.6 Å². The smallest absolute Gasteiger partial charge is 0.417 e. The van der Waals surface area contributed by atoms with Crippen molar-refractivity contribution in [3.8, 4) is 6.01 Å². The number of halogens is 5. The predicted molar refractivity (Wildman–Crippen MR) is 140 cm³/mol. The molecule has 222 valence electrons. The SMILES string of the molecule is Cc1cc(N)c(F)c([C@@H]2Cc3nc(OC[C@@]45CCCN4C[C@H](F)C5)nc(C4CC5(CNC5)C4)c3CO2)c1C(F)(F)F. The second-order valence-corrected chi connectivity index (χ2v) is 12.8. The molecule has 3 N–H and O–H groups in total. The minimum atomic E-state index is -4.79. The van der Waals surface area contributed by atoms with Gasteiger partial charge >= 0.3 is 12.2 Å². The van der Waals surface area contributed by atoms with Crippen molar-refractivity contribution in [1.82, 2.24) is 20.2 Å². The van der Waals surface area contributed by atoms with Crippen LogP contribution in [-0.2, 0) is 23.9 Å². The summed E-state index contributed by atoms with van der Waals surface area (Å²) in [5.74, 6) is -0.973. The van der Waals surface area contributed by atoms with E-state index in [1.807, 2.05) is 0 Å². The molecular formula is C29H34F5N5O2. The molecule has 0 unspecified atom stereocenters. The Morgan fingerprint density at radius 3 is 2.71 bits per heavy atom. The normalized spacial score (nSPS) is 29.2. The van der Waals surface area contributed by atoms with Crippen molar-refractivity contribution >= 4 is 5.69 Å². The average Bonchev–Trinajstić information content (AvgIpc) is 3.37. The Labute approximate surface area is 235 Å². The Kier molecular flexibility index (Phi) is 6.30. The molecule has 5 aliphatic rings. The highest BCUT2D eigenvalue weighted by molar-refractivity contribution is 5.53. The number of anilines is 1. The fraction of sp³-hybridized carbons (Fsp3) is 0.655. The zero-order valence-electron chi connectivity index (χ0n) is 22.9. The van der Waals surface area contributed by atoms with Crippen molar-refractivity contribution < 1.29 is 31.4 Å². The summed E-state index contributed by atoms with van der Waals surface area (Å²) < 4.78 is 84.0. The van der Waals surface area contributed by atoms with Crippen LogP contribution in [0.5, 0.6) is 6.01 Å². The molecule has 1 spiro atoms. The van der Waals surface area contributed by atoms with Crippen molar-refractivity contribution in [2.24, 2.45) is 5.41 Å². The number of nitrogens with one attached hydrogen (secondary N) is 1. The van der Waals surface area contributed by atoms with E-state index < -0.39 is 40.9 Å². The molecule has 0 bridgehead atoms. The van der Waals surface area contributed by atoms with E-state index in [0.29, 0.717) is 18.7 Å². The van der Waals surface area contributed by atoms with Gasteiger partial charge in [-0.1, -0.05) is 0 Å². The lowest BCUT2D eigenvalue weighted by molar-refractivity contribution is -0.140. The number of aromatic nitrogens is 2. The lowest BCUT2D eigenvalue weighted by Crippen LogP contribution is -2.59. The highest BCUT2D eigenvalue weighted by Gasteiger charge is 2.52. The molecule has 7 nitrogen and oxygen atoms in total. The number of nitrogen functional groups attached to an aromatic ring is 1. The minimum Gasteiger partial charge on any atom is -0.461 e. The predicted octanol–water partition coefficient (Wildman–Crippen LogP) is 4.76. The molecule has 3 atom stereocenters. The van der Waals surface area contributed by atoms with E-state index in [1.165, 1.54) is 6.92 Å². The van der Waals surface area contributed by atoms with Gasteiger partial charge in [0.25, 0.3) is 0 Å². The number of ether oxygens (including phenoxy) is 2. The second-order valence-electron chi connectivity index (χ2n) is 12.8. The molecular weight excluding hydrogens is 545 g/mol. The Balaban J connectivity index is 1.23. The summed E-state index contributed by atoms with van der Waals surface area (Å²) in [6.07, 6.45) is -2.93. The first-order chi connectivity index (χ1) is 19.5. The van der Waals surface area contributed by atoms with Gasteiger partial charge in [-0.3, -0.25) is 4.90 Å². The van der Waals surface area contributed by atoms with Gasteiger partial charge < -0.3 is 20.5 Å². The third-order valence-corrected chi connectivity index (χ3v) is 10.0. The molecule has 0 amide bonds. The summed E-state index contributed by atoms with van der Waals surface area (Å²) in [5, 5.41) is 3.33. The zero-order chi connectivity index (χ0) is 28.7. The third kappa shape index (κ3) is 4.48. The molecule has 0 radical (unpaired) electrons. The number of fused-ring (bicyclic) bond motifs is 2. The fourth-order valence-electron chi connectivity index (χ4n) is 7.98. The van der Waals surface area contributed by atoms with Crippen LogP contribution in [0.1, 0.15) is 77.8 Å². The third-order valence-electron chi connectivity index (χ3n) is 10.0. The number of aryl methyl sites for hydroxylation is 1. The molecule has 4 aliphatic heterocycles. The zero-order valence-corrected chi connectivity index (χ0v) is 22.9. The number of nitrogens with zero attached hydrogens (tertiary/aromatic N) is 3. The molecule has 3 saturated heterocycles. The lowest BCUT2D eigenvalue weighted by Gasteiger charge is -2.54. The molecule has 4 fully saturated rings.